The van der Waals surface area contributed by atoms with Gasteiger partial charge >= 0.3 is 5.97 Å². The molecule has 1 heterocycles. The van der Waals surface area contributed by atoms with E-state index in [-0.39, 0.29) is 17.2 Å². The summed E-state index contributed by atoms with van der Waals surface area (Å²) in [5, 5.41) is 9.68. The molecule has 21 heavy (non-hydrogen) atoms. The average molecular weight is 371 g/mol. The van der Waals surface area contributed by atoms with Crippen molar-refractivity contribution >= 4 is 44.7 Å². The fourth-order valence-electron chi connectivity index (χ4n) is 2.03. The maximum absolute atomic E-state index is 10.9. The van der Waals surface area contributed by atoms with Crippen LogP contribution in [0.3, 0.4) is 0 Å². The number of imidazole rings is 1. The molecule has 0 aliphatic carbocycles. The van der Waals surface area contributed by atoms with Gasteiger partial charge in [0, 0.05) is 10.5 Å². The summed E-state index contributed by atoms with van der Waals surface area (Å²) >= 11 is 4.76. The molecular weight excluding hydrogens is 352 g/mol. The molecule has 0 amide bonds. The molecule has 0 aliphatic rings. The molecule has 2 aromatic rings. The van der Waals surface area contributed by atoms with Crippen molar-refractivity contribution in [2.45, 2.75) is 38.9 Å². The van der Waals surface area contributed by atoms with E-state index in [0.717, 1.165) is 20.7 Å². The van der Waals surface area contributed by atoms with Crippen LogP contribution in [-0.2, 0) is 4.79 Å². The SMILES string of the molecule is CC(n1c(SCC(=O)O)nc2ccc(Br)cc21)C(C)(C)C. The Labute approximate surface area is 137 Å². The van der Waals surface area contributed by atoms with E-state index in [1.807, 2.05) is 18.2 Å². The van der Waals surface area contributed by atoms with Crippen LogP contribution in [0.25, 0.3) is 11.0 Å². The highest BCUT2D eigenvalue weighted by molar-refractivity contribution is 9.10. The van der Waals surface area contributed by atoms with Crippen molar-refractivity contribution in [3.8, 4) is 0 Å². The van der Waals surface area contributed by atoms with Gasteiger partial charge in [-0.1, -0.05) is 48.5 Å². The summed E-state index contributed by atoms with van der Waals surface area (Å²) in [5.74, 6) is -0.815. The second-order valence-corrected chi connectivity index (χ2v) is 7.98. The number of carboxylic acids is 1. The van der Waals surface area contributed by atoms with Gasteiger partial charge in [0.1, 0.15) is 0 Å². The van der Waals surface area contributed by atoms with Crippen LogP contribution in [0.1, 0.15) is 33.7 Å². The fraction of sp³-hybridized carbons (Fsp3) is 0.467. The lowest BCUT2D eigenvalue weighted by molar-refractivity contribution is -0.133. The van der Waals surface area contributed by atoms with E-state index in [0.29, 0.717) is 0 Å². The number of carbonyl (C=O) groups is 1. The molecular formula is C15H19BrN2O2S. The van der Waals surface area contributed by atoms with Crippen molar-refractivity contribution < 1.29 is 9.90 Å². The van der Waals surface area contributed by atoms with Gasteiger partial charge in [-0.2, -0.15) is 0 Å². The normalized spacial score (nSPS) is 13.6. The first kappa shape index (κ1) is 16.4. The zero-order valence-corrected chi connectivity index (χ0v) is 15.0. The number of rotatable bonds is 4. The van der Waals surface area contributed by atoms with Gasteiger partial charge in [-0.25, -0.2) is 4.98 Å². The number of aromatic nitrogens is 2. The number of carboxylic acid groups (broad SMARTS) is 1. The van der Waals surface area contributed by atoms with Crippen molar-refractivity contribution in [3.05, 3.63) is 22.7 Å². The van der Waals surface area contributed by atoms with Gasteiger partial charge < -0.3 is 9.67 Å². The number of halogens is 1. The van der Waals surface area contributed by atoms with Crippen LogP contribution in [-0.4, -0.2) is 26.4 Å². The number of nitrogens with zero attached hydrogens (tertiary/aromatic N) is 2. The van der Waals surface area contributed by atoms with E-state index in [1.165, 1.54) is 11.8 Å². The Morgan fingerprint density at radius 1 is 1.48 bits per heavy atom. The first-order valence-corrected chi connectivity index (χ1v) is 8.50. The number of fused-ring (bicyclic) bond motifs is 1. The van der Waals surface area contributed by atoms with Crippen molar-refractivity contribution in [2.75, 3.05) is 5.75 Å². The molecule has 0 radical (unpaired) electrons. The number of benzene rings is 1. The molecule has 0 bridgehead atoms. The number of hydrogen-bond acceptors (Lipinski definition) is 3. The largest absolute Gasteiger partial charge is 0.481 e. The van der Waals surface area contributed by atoms with Crippen LogP contribution in [0.5, 0.6) is 0 Å². The highest BCUT2D eigenvalue weighted by Gasteiger charge is 2.26. The third-order valence-corrected chi connectivity index (χ3v) is 5.02. The van der Waals surface area contributed by atoms with Crippen LogP contribution in [0, 0.1) is 5.41 Å². The minimum absolute atomic E-state index is 0.0152. The maximum Gasteiger partial charge on any atom is 0.313 e. The summed E-state index contributed by atoms with van der Waals surface area (Å²) in [4.78, 5) is 15.5. The molecule has 1 unspecified atom stereocenters. The van der Waals surface area contributed by atoms with E-state index >= 15 is 0 Å². The molecule has 4 nitrogen and oxygen atoms in total. The lowest BCUT2D eigenvalue weighted by Crippen LogP contribution is -2.22. The van der Waals surface area contributed by atoms with Gasteiger partial charge in [0.15, 0.2) is 5.16 Å². The minimum Gasteiger partial charge on any atom is -0.481 e. The monoisotopic (exact) mass is 370 g/mol. The van der Waals surface area contributed by atoms with E-state index in [9.17, 15) is 4.79 Å². The molecule has 1 atom stereocenters. The summed E-state index contributed by atoms with van der Waals surface area (Å²) in [6, 6.07) is 6.14. The first-order chi connectivity index (χ1) is 9.70. The quantitative estimate of drug-likeness (QED) is 0.800. The predicted molar refractivity (Wildman–Crippen MR) is 90.0 cm³/mol. The standard InChI is InChI=1S/C15H19BrN2O2S/c1-9(15(2,3)4)18-12-7-10(16)5-6-11(12)17-14(18)21-8-13(19)20/h5-7,9H,8H2,1-4H3,(H,19,20). The lowest BCUT2D eigenvalue weighted by Gasteiger charge is -2.30. The first-order valence-electron chi connectivity index (χ1n) is 6.72. The van der Waals surface area contributed by atoms with Crippen molar-refractivity contribution in [1.82, 2.24) is 9.55 Å². The molecule has 2 rings (SSSR count). The third-order valence-electron chi connectivity index (χ3n) is 3.58. The van der Waals surface area contributed by atoms with Gasteiger partial charge in [0.25, 0.3) is 0 Å². The highest BCUT2D eigenvalue weighted by atomic mass is 79.9. The van der Waals surface area contributed by atoms with E-state index in [1.54, 1.807) is 0 Å². The molecule has 1 aromatic carbocycles. The topological polar surface area (TPSA) is 55.1 Å². The molecule has 0 saturated carbocycles. The molecule has 0 saturated heterocycles. The summed E-state index contributed by atoms with van der Waals surface area (Å²) in [5.41, 5.74) is 1.97. The van der Waals surface area contributed by atoms with E-state index in [4.69, 9.17) is 5.11 Å². The van der Waals surface area contributed by atoms with E-state index in [2.05, 4.69) is 53.2 Å². The van der Waals surface area contributed by atoms with Crippen molar-refractivity contribution in [2.24, 2.45) is 5.41 Å². The maximum atomic E-state index is 10.9. The summed E-state index contributed by atoms with van der Waals surface area (Å²) in [6.07, 6.45) is 0. The van der Waals surface area contributed by atoms with Crippen LogP contribution in [0.2, 0.25) is 0 Å². The molecule has 6 heteroatoms. The molecule has 0 aliphatic heterocycles. The Kier molecular flexibility index (Phi) is 4.68. The predicted octanol–water partition coefficient (Wildman–Crippen LogP) is 4.58. The van der Waals surface area contributed by atoms with Crippen LogP contribution in [0.4, 0.5) is 0 Å². The van der Waals surface area contributed by atoms with Crippen molar-refractivity contribution in [3.63, 3.8) is 0 Å². The smallest absolute Gasteiger partial charge is 0.313 e. The number of aliphatic carboxylic acids is 1. The Balaban J connectivity index is 2.58. The van der Waals surface area contributed by atoms with Crippen LogP contribution >= 0.6 is 27.7 Å². The Hall–Kier alpha value is -1.01. The third kappa shape index (κ3) is 3.61. The van der Waals surface area contributed by atoms with Crippen molar-refractivity contribution in [1.29, 1.82) is 0 Å². The summed E-state index contributed by atoms with van der Waals surface area (Å²) in [6.45, 7) is 8.67. The van der Waals surface area contributed by atoms with Crippen LogP contribution in [0.15, 0.2) is 27.8 Å². The molecule has 1 N–H and O–H groups in total. The Bertz CT molecular complexity index is 676. The Morgan fingerprint density at radius 2 is 2.14 bits per heavy atom. The second kappa shape index (κ2) is 6.01. The van der Waals surface area contributed by atoms with Gasteiger partial charge in [-0.3, -0.25) is 4.79 Å². The number of thioether (sulfide) groups is 1. The second-order valence-electron chi connectivity index (χ2n) is 6.12. The zero-order valence-electron chi connectivity index (χ0n) is 12.6. The zero-order chi connectivity index (χ0) is 15.8. The van der Waals surface area contributed by atoms with Crippen LogP contribution < -0.4 is 0 Å². The molecule has 114 valence electrons. The Morgan fingerprint density at radius 3 is 2.71 bits per heavy atom. The summed E-state index contributed by atoms with van der Waals surface area (Å²) in [7, 11) is 0. The highest BCUT2D eigenvalue weighted by Crippen LogP contribution is 2.37. The summed E-state index contributed by atoms with van der Waals surface area (Å²) < 4.78 is 3.14. The van der Waals surface area contributed by atoms with Gasteiger partial charge in [-0.15, -0.1) is 0 Å². The number of hydrogen-bond donors (Lipinski definition) is 1. The molecule has 1 aromatic heterocycles. The molecule has 0 spiro atoms. The fourth-order valence-corrected chi connectivity index (χ4v) is 3.19. The van der Waals surface area contributed by atoms with Gasteiger partial charge in [0.2, 0.25) is 0 Å². The molecule has 0 fully saturated rings. The lowest BCUT2D eigenvalue weighted by atomic mass is 9.88. The van der Waals surface area contributed by atoms with Gasteiger partial charge in [0.05, 0.1) is 16.8 Å². The minimum atomic E-state index is -0.830. The van der Waals surface area contributed by atoms with E-state index < -0.39 is 5.97 Å². The van der Waals surface area contributed by atoms with Gasteiger partial charge in [-0.05, 0) is 30.5 Å². The average Bonchev–Trinajstić information content (AvgIpc) is 2.71.